The molecule has 5 heteroatoms. The summed E-state index contributed by atoms with van der Waals surface area (Å²) in [7, 11) is 0. The number of hydrogen-bond acceptors (Lipinski definition) is 3. The first-order chi connectivity index (χ1) is 10.8. The molecule has 0 unspecified atom stereocenters. The summed E-state index contributed by atoms with van der Waals surface area (Å²) in [4.78, 5) is 12.4. The molecule has 0 bridgehead atoms. The highest BCUT2D eigenvalue weighted by Gasteiger charge is 2.17. The molecule has 1 aromatic carbocycles. The second-order valence-corrected chi connectivity index (χ2v) is 6.66. The van der Waals surface area contributed by atoms with Crippen molar-refractivity contribution in [2.75, 3.05) is 6.61 Å². The highest BCUT2D eigenvalue weighted by Crippen LogP contribution is 2.21. The van der Waals surface area contributed by atoms with Crippen molar-refractivity contribution < 1.29 is 9.53 Å². The van der Waals surface area contributed by atoms with E-state index in [9.17, 15) is 4.79 Å². The zero-order valence-electron chi connectivity index (χ0n) is 14.3. The van der Waals surface area contributed by atoms with Crippen molar-refractivity contribution in [1.29, 1.82) is 0 Å². The van der Waals surface area contributed by atoms with Crippen LogP contribution in [0.25, 0.3) is 0 Å². The van der Waals surface area contributed by atoms with Crippen LogP contribution in [0.5, 0.6) is 5.75 Å². The first-order valence-corrected chi connectivity index (χ1v) is 8.14. The van der Waals surface area contributed by atoms with Gasteiger partial charge in [-0.05, 0) is 62.4 Å². The summed E-state index contributed by atoms with van der Waals surface area (Å²) < 4.78 is 7.03. The Labute approximate surface area is 142 Å². The SMILES string of the molecule is Cc1cc(OCC(=O)n2nc(C)c(CC(C)C)c2C)ccc1Cl. The summed E-state index contributed by atoms with van der Waals surface area (Å²) in [5, 5.41) is 5.05. The summed E-state index contributed by atoms with van der Waals surface area (Å²) in [6.45, 7) is 10.0. The molecule has 0 fully saturated rings. The lowest BCUT2D eigenvalue weighted by molar-refractivity contribution is 0.0818. The summed E-state index contributed by atoms with van der Waals surface area (Å²) in [6.07, 6.45) is 0.919. The number of aryl methyl sites for hydroxylation is 2. The summed E-state index contributed by atoms with van der Waals surface area (Å²) in [5.41, 5.74) is 3.88. The van der Waals surface area contributed by atoms with Crippen molar-refractivity contribution >= 4 is 17.5 Å². The molecular weight excluding hydrogens is 312 g/mol. The zero-order valence-corrected chi connectivity index (χ0v) is 15.1. The smallest absolute Gasteiger partial charge is 0.284 e. The fraction of sp³-hybridized carbons (Fsp3) is 0.444. The molecule has 0 spiro atoms. The van der Waals surface area contributed by atoms with Crippen LogP contribution in [0.2, 0.25) is 5.02 Å². The zero-order chi connectivity index (χ0) is 17.1. The molecule has 1 aromatic heterocycles. The van der Waals surface area contributed by atoms with E-state index in [4.69, 9.17) is 16.3 Å². The van der Waals surface area contributed by atoms with Gasteiger partial charge < -0.3 is 4.74 Å². The summed E-state index contributed by atoms with van der Waals surface area (Å²) >= 11 is 5.99. The van der Waals surface area contributed by atoms with E-state index in [0.29, 0.717) is 16.7 Å². The predicted molar refractivity (Wildman–Crippen MR) is 92.6 cm³/mol. The molecule has 4 nitrogen and oxygen atoms in total. The van der Waals surface area contributed by atoms with E-state index in [1.807, 2.05) is 26.8 Å². The Hall–Kier alpha value is -1.81. The number of hydrogen-bond donors (Lipinski definition) is 0. The van der Waals surface area contributed by atoms with Gasteiger partial charge in [-0.1, -0.05) is 25.4 Å². The number of halogens is 1. The van der Waals surface area contributed by atoms with Gasteiger partial charge in [-0.25, -0.2) is 4.68 Å². The maximum absolute atomic E-state index is 12.4. The van der Waals surface area contributed by atoms with Crippen molar-refractivity contribution in [3.8, 4) is 5.75 Å². The first kappa shape index (κ1) is 17.5. The first-order valence-electron chi connectivity index (χ1n) is 7.76. The molecule has 124 valence electrons. The molecule has 0 aliphatic carbocycles. The van der Waals surface area contributed by atoms with Gasteiger partial charge in [0, 0.05) is 10.7 Å². The molecule has 23 heavy (non-hydrogen) atoms. The van der Waals surface area contributed by atoms with Crippen molar-refractivity contribution in [3.63, 3.8) is 0 Å². The van der Waals surface area contributed by atoms with Crippen LogP contribution < -0.4 is 4.74 Å². The minimum atomic E-state index is -0.173. The van der Waals surface area contributed by atoms with Gasteiger partial charge in [0.2, 0.25) is 0 Å². The summed E-state index contributed by atoms with van der Waals surface area (Å²) in [6, 6.07) is 5.34. The molecule has 0 amide bonds. The van der Waals surface area contributed by atoms with Crippen LogP contribution in [0, 0.1) is 26.7 Å². The number of aromatic nitrogens is 2. The number of benzene rings is 1. The molecule has 2 rings (SSSR count). The van der Waals surface area contributed by atoms with Gasteiger partial charge in [0.05, 0.1) is 5.69 Å². The Balaban J connectivity index is 2.10. The maximum atomic E-state index is 12.4. The third-order valence-electron chi connectivity index (χ3n) is 3.78. The molecule has 2 aromatic rings. The van der Waals surface area contributed by atoms with Gasteiger partial charge in [0.15, 0.2) is 6.61 Å². The molecule has 0 saturated heterocycles. The molecular formula is C18H23ClN2O2. The molecule has 0 N–H and O–H groups in total. The highest BCUT2D eigenvalue weighted by atomic mass is 35.5. The number of ether oxygens (including phenoxy) is 1. The van der Waals surface area contributed by atoms with Crippen LogP contribution in [-0.4, -0.2) is 22.3 Å². The van der Waals surface area contributed by atoms with E-state index in [0.717, 1.165) is 28.9 Å². The predicted octanol–water partition coefficient (Wildman–Crippen LogP) is 4.38. The standard InChI is InChI=1S/C18H23ClN2O2/c1-11(2)8-16-13(4)20-21(14(16)5)18(22)10-23-15-6-7-17(19)12(3)9-15/h6-7,9,11H,8,10H2,1-5H3. The molecule has 0 aliphatic rings. The maximum Gasteiger partial charge on any atom is 0.284 e. The minimum Gasteiger partial charge on any atom is -0.484 e. The fourth-order valence-electron chi connectivity index (χ4n) is 2.53. The van der Waals surface area contributed by atoms with Gasteiger partial charge in [0.25, 0.3) is 5.91 Å². The van der Waals surface area contributed by atoms with E-state index >= 15 is 0 Å². The van der Waals surface area contributed by atoms with Gasteiger partial charge >= 0.3 is 0 Å². The van der Waals surface area contributed by atoms with Crippen LogP contribution in [0.1, 0.15) is 41.2 Å². The number of carbonyl (C=O) groups excluding carboxylic acids is 1. The lowest BCUT2D eigenvalue weighted by Gasteiger charge is -2.09. The Morgan fingerprint density at radius 3 is 2.61 bits per heavy atom. The summed E-state index contributed by atoms with van der Waals surface area (Å²) in [5.74, 6) is 0.978. The molecule has 1 heterocycles. The highest BCUT2D eigenvalue weighted by molar-refractivity contribution is 6.31. The van der Waals surface area contributed by atoms with Crippen LogP contribution >= 0.6 is 11.6 Å². The van der Waals surface area contributed by atoms with Crippen LogP contribution in [0.15, 0.2) is 18.2 Å². The Morgan fingerprint density at radius 1 is 1.30 bits per heavy atom. The van der Waals surface area contributed by atoms with Crippen LogP contribution in [-0.2, 0) is 6.42 Å². The monoisotopic (exact) mass is 334 g/mol. The van der Waals surface area contributed by atoms with E-state index in [1.165, 1.54) is 4.68 Å². The van der Waals surface area contributed by atoms with Crippen molar-refractivity contribution in [1.82, 2.24) is 9.78 Å². The van der Waals surface area contributed by atoms with Gasteiger partial charge in [-0.2, -0.15) is 5.10 Å². The minimum absolute atomic E-state index is 0.0514. The van der Waals surface area contributed by atoms with Gasteiger partial charge in [0.1, 0.15) is 5.75 Å². The van der Waals surface area contributed by atoms with E-state index in [-0.39, 0.29) is 12.5 Å². The van der Waals surface area contributed by atoms with Gasteiger partial charge in [-0.15, -0.1) is 0 Å². The van der Waals surface area contributed by atoms with Crippen LogP contribution in [0.4, 0.5) is 0 Å². The van der Waals surface area contributed by atoms with Crippen molar-refractivity contribution in [3.05, 3.63) is 45.7 Å². The lowest BCUT2D eigenvalue weighted by Crippen LogP contribution is -2.21. The number of rotatable bonds is 5. The normalized spacial score (nSPS) is 11.1. The largest absolute Gasteiger partial charge is 0.484 e. The second-order valence-electron chi connectivity index (χ2n) is 6.25. The lowest BCUT2D eigenvalue weighted by atomic mass is 10.0. The average Bonchev–Trinajstić information content (AvgIpc) is 2.76. The molecule has 0 atom stereocenters. The third-order valence-corrected chi connectivity index (χ3v) is 4.21. The van der Waals surface area contributed by atoms with E-state index in [2.05, 4.69) is 18.9 Å². The number of nitrogens with zero attached hydrogens (tertiary/aromatic N) is 2. The van der Waals surface area contributed by atoms with E-state index in [1.54, 1.807) is 12.1 Å². The van der Waals surface area contributed by atoms with Crippen LogP contribution in [0.3, 0.4) is 0 Å². The van der Waals surface area contributed by atoms with E-state index < -0.39 is 0 Å². The molecule has 0 radical (unpaired) electrons. The average molecular weight is 335 g/mol. The van der Waals surface area contributed by atoms with Crippen molar-refractivity contribution in [2.24, 2.45) is 5.92 Å². The topological polar surface area (TPSA) is 44.1 Å². The fourth-order valence-corrected chi connectivity index (χ4v) is 2.65. The Kier molecular flexibility index (Phi) is 5.47. The van der Waals surface area contributed by atoms with Crippen molar-refractivity contribution in [2.45, 2.75) is 41.0 Å². The molecule has 0 saturated carbocycles. The quantitative estimate of drug-likeness (QED) is 0.815. The Morgan fingerprint density at radius 2 is 2.00 bits per heavy atom. The Bertz CT molecular complexity index is 720. The second kappa shape index (κ2) is 7.18. The van der Waals surface area contributed by atoms with Gasteiger partial charge in [-0.3, -0.25) is 4.79 Å². The molecule has 0 aliphatic heterocycles. The third kappa shape index (κ3) is 4.14. The number of carbonyl (C=O) groups is 1.